The smallest absolute Gasteiger partial charge is 0.222 e. The van der Waals surface area contributed by atoms with Crippen molar-refractivity contribution in [2.45, 2.75) is 65.5 Å². The number of nitrogens with one attached hydrogen (secondary N) is 2. The molecule has 23 heavy (non-hydrogen) atoms. The summed E-state index contributed by atoms with van der Waals surface area (Å²) in [5.74, 6) is 0.993. The lowest BCUT2D eigenvalue weighted by Gasteiger charge is -2.34. The first-order chi connectivity index (χ1) is 11.1. The fourth-order valence-corrected chi connectivity index (χ4v) is 2.61. The molecule has 1 amide bonds. The van der Waals surface area contributed by atoms with Crippen LogP contribution in [-0.4, -0.2) is 61.7 Å². The van der Waals surface area contributed by atoms with Gasteiger partial charge >= 0.3 is 0 Å². The van der Waals surface area contributed by atoms with Gasteiger partial charge in [-0.2, -0.15) is 0 Å². The van der Waals surface area contributed by atoms with Gasteiger partial charge in [-0.3, -0.25) is 9.79 Å². The number of ether oxygens (including phenoxy) is 1. The highest BCUT2D eigenvalue weighted by Gasteiger charge is 2.21. The summed E-state index contributed by atoms with van der Waals surface area (Å²) in [4.78, 5) is 18.7. The molecule has 0 spiro atoms. The van der Waals surface area contributed by atoms with E-state index in [4.69, 9.17) is 4.74 Å². The summed E-state index contributed by atoms with van der Waals surface area (Å²) >= 11 is 0. The Morgan fingerprint density at radius 1 is 1.30 bits per heavy atom. The molecule has 0 bridgehead atoms. The summed E-state index contributed by atoms with van der Waals surface area (Å²) in [5, 5.41) is 6.30. The zero-order chi connectivity index (χ0) is 17.1. The molecule has 1 rings (SSSR count). The number of guanidine groups is 1. The Bertz CT molecular complexity index is 366. The maximum atomic E-state index is 11.8. The molecular weight excluding hydrogens is 292 g/mol. The molecule has 134 valence electrons. The molecule has 6 heteroatoms. The average Bonchev–Trinajstić information content (AvgIpc) is 2.55. The maximum Gasteiger partial charge on any atom is 0.222 e. The number of carbonyl (C=O) groups is 1. The number of hydrogen-bond donors (Lipinski definition) is 2. The van der Waals surface area contributed by atoms with Crippen molar-refractivity contribution in [1.29, 1.82) is 0 Å². The van der Waals surface area contributed by atoms with E-state index in [1.807, 2.05) is 13.8 Å². The van der Waals surface area contributed by atoms with E-state index < -0.39 is 0 Å². The second kappa shape index (κ2) is 11.3. The van der Waals surface area contributed by atoms with Gasteiger partial charge in [0.2, 0.25) is 5.91 Å². The molecule has 1 aliphatic rings. The quantitative estimate of drug-likeness (QED) is 0.527. The van der Waals surface area contributed by atoms with Crippen molar-refractivity contribution in [2.24, 2.45) is 4.99 Å². The van der Waals surface area contributed by atoms with Crippen LogP contribution in [0.25, 0.3) is 0 Å². The van der Waals surface area contributed by atoms with Crippen molar-refractivity contribution < 1.29 is 9.53 Å². The molecule has 2 N–H and O–H groups in total. The highest BCUT2D eigenvalue weighted by molar-refractivity contribution is 5.81. The first-order valence-corrected chi connectivity index (χ1v) is 9.04. The number of nitrogens with zero attached hydrogens (tertiary/aromatic N) is 2. The fraction of sp³-hybridized carbons (Fsp3) is 0.882. The van der Waals surface area contributed by atoms with Crippen molar-refractivity contribution in [1.82, 2.24) is 15.5 Å². The Kier molecular flexibility index (Phi) is 9.67. The van der Waals surface area contributed by atoms with Gasteiger partial charge in [-0.15, -0.1) is 0 Å². The van der Waals surface area contributed by atoms with Crippen LogP contribution < -0.4 is 10.6 Å². The maximum absolute atomic E-state index is 11.8. The van der Waals surface area contributed by atoms with E-state index in [1.165, 1.54) is 0 Å². The van der Waals surface area contributed by atoms with Crippen molar-refractivity contribution in [3.8, 4) is 0 Å². The molecule has 1 atom stereocenters. The molecule has 0 aromatic rings. The number of piperidine rings is 1. The number of aliphatic imine (C=N–C) groups is 1. The normalized spacial score (nSPS) is 17.9. The highest BCUT2D eigenvalue weighted by Crippen LogP contribution is 2.13. The van der Waals surface area contributed by atoms with E-state index in [0.29, 0.717) is 19.1 Å². The second-order valence-electron chi connectivity index (χ2n) is 6.00. The largest absolute Gasteiger partial charge is 0.378 e. The molecule has 1 saturated heterocycles. The third-order valence-corrected chi connectivity index (χ3v) is 4.10. The van der Waals surface area contributed by atoms with Crippen LogP contribution in [0.1, 0.15) is 53.4 Å². The summed E-state index contributed by atoms with van der Waals surface area (Å²) in [6.45, 7) is 12.3. The van der Waals surface area contributed by atoms with Gasteiger partial charge in [0.1, 0.15) is 0 Å². The third-order valence-electron chi connectivity index (χ3n) is 4.10. The van der Waals surface area contributed by atoms with Crippen molar-refractivity contribution in [3.05, 3.63) is 0 Å². The van der Waals surface area contributed by atoms with Crippen molar-refractivity contribution in [3.63, 3.8) is 0 Å². The van der Waals surface area contributed by atoms with Crippen LogP contribution in [0.3, 0.4) is 0 Å². The Hall–Kier alpha value is -1.30. The molecule has 0 saturated carbocycles. The monoisotopic (exact) mass is 326 g/mol. The van der Waals surface area contributed by atoms with Crippen LogP contribution in [0.5, 0.6) is 0 Å². The van der Waals surface area contributed by atoms with E-state index in [-0.39, 0.29) is 11.9 Å². The van der Waals surface area contributed by atoms with Crippen LogP contribution in [0, 0.1) is 0 Å². The minimum Gasteiger partial charge on any atom is -0.378 e. The zero-order valence-corrected chi connectivity index (χ0v) is 15.2. The van der Waals surface area contributed by atoms with Gasteiger partial charge in [-0.1, -0.05) is 6.92 Å². The first-order valence-electron chi connectivity index (χ1n) is 9.04. The lowest BCUT2D eigenvalue weighted by Crippen LogP contribution is -2.47. The summed E-state index contributed by atoms with van der Waals surface area (Å²) in [5.41, 5.74) is 0. The van der Waals surface area contributed by atoms with Crippen LogP contribution in [0.15, 0.2) is 4.99 Å². The van der Waals surface area contributed by atoms with E-state index in [1.54, 1.807) is 0 Å². The van der Waals surface area contributed by atoms with E-state index >= 15 is 0 Å². The molecule has 1 fully saturated rings. The van der Waals surface area contributed by atoms with Gasteiger partial charge in [-0.25, -0.2) is 0 Å². The Morgan fingerprint density at radius 3 is 2.57 bits per heavy atom. The van der Waals surface area contributed by atoms with Crippen molar-refractivity contribution in [2.75, 3.05) is 32.8 Å². The number of carbonyl (C=O) groups excluding carboxylic acids is 1. The Labute approximate surface area is 141 Å². The summed E-state index contributed by atoms with van der Waals surface area (Å²) in [7, 11) is 0. The molecule has 0 radical (unpaired) electrons. The summed E-state index contributed by atoms with van der Waals surface area (Å²) in [6, 6.07) is 0.234. The van der Waals surface area contributed by atoms with Gasteiger partial charge in [0.25, 0.3) is 0 Å². The fourth-order valence-electron chi connectivity index (χ4n) is 2.61. The van der Waals surface area contributed by atoms with Crippen LogP contribution in [-0.2, 0) is 9.53 Å². The second-order valence-corrected chi connectivity index (χ2v) is 6.00. The van der Waals surface area contributed by atoms with Gasteiger partial charge in [0.05, 0.1) is 12.6 Å². The van der Waals surface area contributed by atoms with E-state index in [9.17, 15) is 4.79 Å². The first kappa shape index (κ1) is 19.7. The molecule has 1 aliphatic heterocycles. The number of hydrogen-bond acceptors (Lipinski definition) is 3. The van der Waals surface area contributed by atoms with Gasteiger partial charge in [0, 0.05) is 38.7 Å². The zero-order valence-electron chi connectivity index (χ0n) is 15.2. The summed E-state index contributed by atoms with van der Waals surface area (Å²) < 4.78 is 5.69. The number of amides is 1. The minimum atomic E-state index is 0.0778. The van der Waals surface area contributed by atoms with Gasteiger partial charge < -0.3 is 20.3 Å². The predicted octanol–water partition coefficient (Wildman–Crippen LogP) is 1.76. The van der Waals surface area contributed by atoms with E-state index in [2.05, 4.69) is 34.4 Å². The molecule has 0 aliphatic carbocycles. The minimum absolute atomic E-state index is 0.0778. The summed E-state index contributed by atoms with van der Waals surface area (Å²) in [6.07, 6.45) is 3.83. The van der Waals surface area contributed by atoms with Crippen LogP contribution >= 0.6 is 0 Å². The molecule has 1 heterocycles. The predicted molar refractivity (Wildman–Crippen MR) is 94.7 cm³/mol. The molecule has 0 aromatic heterocycles. The molecule has 6 nitrogen and oxygen atoms in total. The topological polar surface area (TPSA) is 66.0 Å². The van der Waals surface area contributed by atoms with Gasteiger partial charge in [0.15, 0.2) is 5.96 Å². The lowest BCUT2D eigenvalue weighted by atomic mass is 10.1. The Morgan fingerprint density at radius 2 is 2.00 bits per heavy atom. The number of rotatable bonds is 8. The standard InChI is InChI=1S/C17H34N4O2/c1-5-14(4)20-16(22)8-11-19-17(18-6-2)21-12-9-15(10-13-21)23-7-3/h14-15H,5-13H2,1-4H3,(H,18,19)(H,20,22). The molecular formula is C17H34N4O2. The third kappa shape index (κ3) is 7.68. The van der Waals surface area contributed by atoms with Gasteiger partial charge in [-0.05, 0) is 40.0 Å². The average molecular weight is 326 g/mol. The van der Waals surface area contributed by atoms with E-state index in [0.717, 1.165) is 51.5 Å². The SMILES string of the molecule is CCNC(=NCCC(=O)NC(C)CC)N1CCC(OCC)CC1. The van der Waals surface area contributed by atoms with Crippen LogP contribution in [0.4, 0.5) is 0 Å². The highest BCUT2D eigenvalue weighted by atomic mass is 16.5. The molecule has 0 aromatic carbocycles. The number of likely N-dealkylation sites (tertiary alicyclic amines) is 1. The lowest BCUT2D eigenvalue weighted by molar-refractivity contribution is -0.121. The Balaban J connectivity index is 2.43. The van der Waals surface area contributed by atoms with Crippen LogP contribution in [0.2, 0.25) is 0 Å². The van der Waals surface area contributed by atoms with Crippen molar-refractivity contribution >= 4 is 11.9 Å². The molecule has 1 unspecified atom stereocenters.